The van der Waals surface area contributed by atoms with Crippen LogP contribution in [0.15, 0.2) is 36.5 Å². The number of nitriles is 1. The van der Waals surface area contributed by atoms with E-state index in [-0.39, 0.29) is 17.6 Å². The van der Waals surface area contributed by atoms with Gasteiger partial charge in [0.1, 0.15) is 35.4 Å². The van der Waals surface area contributed by atoms with Gasteiger partial charge in [-0.3, -0.25) is 0 Å². The highest BCUT2D eigenvalue weighted by molar-refractivity contribution is 7.91. The summed E-state index contributed by atoms with van der Waals surface area (Å²) < 4.78 is 29.4. The average Bonchev–Trinajstić information content (AvgIpc) is 2.82. The van der Waals surface area contributed by atoms with Crippen molar-refractivity contribution >= 4 is 44.8 Å². The van der Waals surface area contributed by atoms with E-state index in [1.165, 1.54) is 0 Å². The average molecular weight is 513 g/mol. The van der Waals surface area contributed by atoms with Crippen LogP contribution in [0.3, 0.4) is 0 Å². The summed E-state index contributed by atoms with van der Waals surface area (Å²) in [5.41, 5.74) is 1.88. The van der Waals surface area contributed by atoms with Crippen molar-refractivity contribution in [2.75, 3.05) is 28.4 Å². The number of aryl methyl sites for hydroxylation is 1. The Bertz CT molecular complexity index is 1250. The first kappa shape index (κ1) is 25.1. The van der Waals surface area contributed by atoms with Crippen molar-refractivity contribution in [1.82, 2.24) is 4.98 Å². The lowest BCUT2D eigenvalue weighted by Gasteiger charge is -2.48. The summed E-state index contributed by atoms with van der Waals surface area (Å²) in [4.78, 5) is 20.2. The second-order valence-electron chi connectivity index (χ2n) is 9.19. The maximum atomic E-state index is 12.3. The summed E-state index contributed by atoms with van der Waals surface area (Å²) in [6.07, 6.45) is 5.75. The largest absolute Gasteiger partial charge is 0.490 e. The summed E-state index contributed by atoms with van der Waals surface area (Å²) in [6, 6.07) is 11.3. The van der Waals surface area contributed by atoms with Crippen LogP contribution >= 0.6 is 12.2 Å². The third-order valence-corrected chi connectivity index (χ3v) is 8.99. The minimum Gasteiger partial charge on any atom is -0.490 e. The van der Waals surface area contributed by atoms with E-state index in [9.17, 15) is 18.5 Å². The molecule has 1 aliphatic carbocycles. The van der Waals surface area contributed by atoms with Crippen LogP contribution in [0.4, 0.5) is 11.4 Å². The van der Waals surface area contributed by atoms with Crippen molar-refractivity contribution < 1.29 is 17.9 Å². The van der Waals surface area contributed by atoms with E-state index < -0.39 is 15.4 Å². The van der Waals surface area contributed by atoms with E-state index in [1.807, 2.05) is 49.2 Å². The van der Waals surface area contributed by atoms with Gasteiger partial charge in [-0.1, -0.05) is 0 Å². The Kier molecular flexibility index (Phi) is 7.10. The molecule has 0 spiro atoms. The fourth-order valence-corrected chi connectivity index (χ4v) is 6.31. The second-order valence-corrected chi connectivity index (χ2v) is 11.9. The standard InChI is InChI=1S/C25H28N4O4S2/c1-18-14-20(16-27-23(18)15-26)28(2)24(34)29(25(17-30)10-3-11-25)19-4-6-21(7-5-19)33-22-8-12-35(31,32)13-9-22/h4-7,14,16-17,22H,3,8-13H2,1-2H3. The van der Waals surface area contributed by atoms with Crippen molar-refractivity contribution in [3.63, 3.8) is 0 Å². The van der Waals surface area contributed by atoms with Crippen LogP contribution in [0.25, 0.3) is 0 Å². The number of aldehydes is 1. The number of anilines is 2. The van der Waals surface area contributed by atoms with E-state index in [1.54, 1.807) is 11.1 Å². The first-order chi connectivity index (χ1) is 16.7. The Hall–Kier alpha value is -3.03. The molecule has 35 heavy (non-hydrogen) atoms. The number of pyridine rings is 1. The Balaban J connectivity index is 1.57. The lowest BCUT2D eigenvalue weighted by molar-refractivity contribution is -0.114. The quantitative estimate of drug-likeness (QED) is 0.424. The van der Waals surface area contributed by atoms with Crippen molar-refractivity contribution in [1.29, 1.82) is 5.26 Å². The fraction of sp³-hybridized carbons (Fsp3) is 0.440. The SMILES string of the molecule is Cc1cc(N(C)C(=S)N(c2ccc(OC3CCS(=O)(=O)CC3)cc2)C2(C=O)CCC2)cnc1C#N. The molecule has 1 aromatic heterocycles. The van der Waals surface area contributed by atoms with Crippen molar-refractivity contribution in [2.45, 2.75) is 50.7 Å². The number of sulfone groups is 1. The van der Waals surface area contributed by atoms with E-state index in [0.29, 0.717) is 42.2 Å². The van der Waals surface area contributed by atoms with Gasteiger partial charge in [-0.15, -0.1) is 0 Å². The van der Waals surface area contributed by atoms with Gasteiger partial charge < -0.3 is 19.3 Å². The molecule has 2 aromatic rings. The lowest BCUT2D eigenvalue weighted by atomic mass is 9.76. The van der Waals surface area contributed by atoms with Crippen LogP contribution in [0.1, 0.15) is 43.4 Å². The first-order valence-electron chi connectivity index (χ1n) is 11.6. The van der Waals surface area contributed by atoms with Gasteiger partial charge in [-0.25, -0.2) is 13.4 Å². The smallest absolute Gasteiger partial charge is 0.181 e. The maximum Gasteiger partial charge on any atom is 0.181 e. The summed E-state index contributed by atoms with van der Waals surface area (Å²) in [7, 11) is -1.13. The molecule has 4 rings (SSSR count). The molecule has 1 aliphatic heterocycles. The number of rotatable bonds is 6. The fourth-order valence-electron chi connectivity index (χ4n) is 4.46. The zero-order valence-electron chi connectivity index (χ0n) is 19.8. The number of benzene rings is 1. The molecule has 1 saturated heterocycles. The molecule has 2 aliphatic rings. The number of hydrogen-bond acceptors (Lipinski definition) is 7. The highest BCUT2D eigenvalue weighted by atomic mass is 32.2. The molecule has 0 unspecified atom stereocenters. The van der Waals surface area contributed by atoms with Crippen molar-refractivity contribution in [3.8, 4) is 11.8 Å². The predicted octanol–water partition coefficient (Wildman–Crippen LogP) is 3.57. The topological polar surface area (TPSA) is 104 Å². The first-order valence-corrected chi connectivity index (χ1v) is 13.8. The van der Waals surface area contributed by atoms with E-state index >= 15 is 0 Å². The number of ether oxygens (including phenoxy) is 1. The molecule has 0 bridgehead atoms. The Morgan fingerprint density at radius 2 is 1.89 bits per heavy atom. The van der Waals surface area contributed by atoms with E-state index in [4.69, 9.17) is 17.0 Å². The van der Waals surface area contributed by atoms with Gasteiger partial charge in [0.05, 0.1) is 23.4 Å². The zero-order chi connectivity index (χ0) is 25.2. The van der Waals surface area contributed by atoms with Crippen LogP contribution in [-0.2, 0) is 14.6 Å². The van der Waals surface area contributed by atoms with Gasteiger partial charge in [-0.05, 0) is 87.1 Å². The van der Waals surface area contributed by atoms with Crippen molar-refractivity contribution in [3.05, 3.63) is 47.8 Å². The molecule has 0 radical (unpaired) electrons. The monoisotopic (exact) mass is 512 g/mol. The summed E-state index contributed by atoms with van der Waals surface area (Å²) >= 11 is 5.88. The molecule has 10 heteroatoms. The summed E-state index contributed by atoms with van der Waals surface area (Å²) in [6.45, 7) is 1.82. The Morgan fingerprint density at radius 1 is 1.23 bits per heavy atom. The maximum absolute atomic E-state index is 12.3. The molecular weight excluding hydrogens is 484 g/mol. The molecule has 0 N–H and O–H groups in total. The molecule has 8 nitrogen and oxygen atoms in total. The number of thiocarbonyl (C=S) groups is 1. The summed E-state index contributed by atoms with van der Waals surface area (Å²) in [5.74, 6) is 0.948. The highest BCUT2D eigenvalue weighted by Gasteiger charge is 2.45. The number of nitrogens with zero attached hydrogens (tertiary/aromatic N) is 4. The Labute approximate surface area is 211 Å². The minimum absolute atomic E-state index is 0.132. The van der Waals surface area contributed by atoms with Gasteiger partial charge in [0.25, 0.3) is 0 Å². The second kappa shape index (κ2) is 9.91. The predicted molar refractivity (Wildman–Crippen MR) is 139 cm³/mol. The van der Waals surface area contributed by atoms with E-state index in [2.05, 4.69) is 11.1 Å². The molecule has 184 valence electrons. The third-order valence-electron chi connectivity index (χ3n) is 6.82. The summed E-state index contributed by atoms with van der Waals surface area (Å²) in [5, 5.41) is 9.64. The Morgan fingerprint density at radius 3 is 2.40 bits per heavy atom. The van der Waals surface area contributed by atoms with Crippen LogP contribution < -0.4 is 14.5 Å². The van der Waals surface area contributed by atoms with Crippen LogP contribution in [-0.4, -0.2) is 55.0 Å². The molecular formula is C25H28N4O4S2. The lowest BCUT2D eigenvalue weighted by Crippen LogP contribution is -2.60. The van der Waals surface area contributed by atoms with Crippen LogP contribution in [0, 0.1) is 18.3 Å². The van der Waals surface area contributed by atoms with Gasteiger partial charge in [0.15, 0.2) is 14.9 Å². The molecule has 1 saturated carbocycles. The van der Waals surface area contributed by atoms with Gasteiger partial charge >= 0.3 is 0 Å². The minimum atomic E-state index is -2.95. The number of carbonyl (C=O) groups excluding carboxylic acids is 1. The normalized spacial score (nSPS) is 18.5. The third kappa shape index (κ3) is 5.16. The highest BCUT2D eigenvalue weighted by Crippen LogP contribution is 2.40. The van der Waals surface area contributed by atoms with Gasteiger partial charge in [0, 0.05) is 12.7 Å². The number of hydrogen-bond donors (Lipinski definition) is 0. The molecule has 1 aromatic carbocycles. The number of aromatic nitrogens is 1. The number of carbonyl (C=O) groups is 1. The van der Waals surface area contributed by atoms with Crippen molar-refractivity contribution in [2.24, 2.45) is 0 Å². The molecule has 2 fully saturated rings. The van der Waals surface area contributed by atoms with Crippen LogP contribution in [0.5, 0.6) is 5.75 Å². The molecule has 2 heterocycles. The molecule has 0 amide bonds. The van der Waals surface area contributed by atoms with E-state index in [0.717, 1.165) is 29.6 Å². The van der Waals surface area contributed by atoms with Crippen LogP contribution in [0.2, 0.25) is 0 Å². The van der Waals surface area contributed by atoms with Gasteiger partial charge in [0.2, 0.25) is 0 Å². The van der Waals surface area contributed by atoms with Gasteiger partial charge in [-0.2, -0.15) is 5.26 Å². The molecule has 0 atom stereocenters. The zero-order valence-corrected chi connectivity index (χ0v) is 21.4.